The van der Waals surface area contributed by atoms with Crippen LogP contribution in [0.25, 0.3) is 0 Å². The van der Waals surface area contributed by atoms with Crippen LogP contribution in [0, 0.1) is 0 Å². The van der Waals surface area contributed by atoms with E-state index in [2.05, 4.69) is 29.8 Å². The summed E-state index contributed by atoms with van der Waals surface area (Å²) in [5.74, 6) is 0.696. The molecule has 1 rings (SSSR count). The van der Waals surface area contributed by atoms with Crippen molar-refractivity contribution >= 4 is 22.9 Å². The van der Waals surface area contributed by atoms with Gasteiger partial charge in [-0.3, -0.25) is 0 Å². The van der Waals surface area contributed by atoms with Crippen LogP contribution in [0.15, 0.2) is 17.5 Å². The molecular formula is C9H14ClNS. The van der Waals surface area contributed by atoms with Crippen molar-refractivity contribution < 1.29 is 0 Å². The molecule has 68 valence electrons. The molecule has 1 aromatic rings. The predicted molar refractivity (Wildman–Crippen MR) is 56.0 cm³/mol. The number of halogens is 1. The Labute approximate surface area is 82.7 Å². The first kappa shape index (κ1) is 10.0. The SMILES string of the molecule is CCC(CCl)NCc1cccs1. The van der Waals surface area contributed by atoms with Gasteiger partial charge in [0, 0.05) is 23.3 Å². The predicted octanol–water partition coefficient (Wildman–Crippen LogP) is 2.86. The van der Waals surface area contributed by atoms with E-state index >= 15 is 0 Å². The zero-order valence-electron chi connectivity index (χ0n) is 7.22. The van der Waals surface area contributed by atoms with Crippen molar-refractivity contribution in [1.82, 2.24) is 5.32 Å². The lowest BCUT2D eigenvalue weighted by Crippen LogP contribution is -2.28. The topological polar surface area (TPSA) is 12.0 Å². The van der Waals surface area contributed by atoms with Gasteiger partial charge in [0.15, 0.2) is 0 Å². The maximum absolute atomic E-state index is 5.75. The molecule has 0 aliphatic carbocycles. The Hall–Kier alpha value is -0.0500. The Balaban J connectivity index is 2.25. The van der Waals surface area contributed by atoms with Crippen LogP contribution in [-0.4, -0.2) is 11.9 Å². The second-order valence-electron chi connectivity index (χ2n) is 2.72. The molecule has 0 aliphatic rings. The number of rotatable bonds is 5. The normalized spacial score (nSPS) is 13.2. The maximum Gasteiger partial charge on any atom is 0.0377 e. The number of hydrogen-bond acceptors (Lipinski definition) is 2. The number of alkyl halides is 1. The Bertz CT molecular complexity index is 194. The summed E-state index contributed by atoms with van der Waals surface area (Å²) in [5, 5.41) is 5.50. The van der Waals surface area contributed by atoms with Gasteiger partial charge in [0.05, 0.1) is 0 Å². The molecule has 12 heavy (non-hydrogen) atoms. The standard InChI is InChI=1S/C9H14ClNS/c1-2-8(6-10)11-7-9-4-3-5-12-9/h3-5,8,11H,2,6-7H2,1H3. The Morgan fingerprint density at radius 3 is 3.00 bits per heavy atom. The van der Waals surface area contributed by atoms with E-state index in [9.17, 15) is 0 Å². The van der Waals surface area contributed by atoms with Crippen molar-refractivity contribution in [3.8, 4) is 0 Å². The van der Waals surface area contributed by atoms with Gasteiger partial charge >= 0.3 is 0 Å². The fourth-order valence-corrected chi connectivity index (χ4v) is 1.95. The highest BCUT2D eigenvalue weighted by Gasteiger charge is 2.02. The lowest BCUT2D eigenvalue weighted by Gasteiger charge is -2.12. The monoisotopic (exact) mass is 203 g/mol. The zero-order chi connectivity index (χ0) is 8.81. The van der Waals surface area contributed by atoms with Crippen molar-refractivity contribution in [2.45, 2.75) is 25.9 Å². The number of nitrogens with one attached hydrogen (secondary N) is 1. The molecule has 3 heteroatoms. The Morgan fingerprint density at radius 2 is 2.50 bits per heavy atom. The molecule has 0 aromatic carbocycles. The van der Waals surface area contributed by atoms with Crippen LogP contribution in [0.2, 0.25) is 0 Å². The van der Waals surface area contributed by atoms with Gasteiger partial charge in [-0.15, -0.1) is 22.9 Å². The van der Waals surface area contributed by atoms with Crippen LogP contribution in [0.3, 0.4) is 0 Å². The minimum atomic E-state index is 0.453. The van der Waals surface area contributed by atoms with Crippen LogP contribution >= 0.6 is 22.9 Å². The molecule has 0 saturated carbocycles. The van der Waals surface area contributed by atoms with E-state index in [1.807, 2.05) is 0 Å². The minimum Gasteiger partial charge on any atom is -0.308 e. The average Bonchev–Trinajstić information content (AvgIpc) is 2.59. The molecule has 1 heterocycles. The highest BCUT2D eigenvalue weighted by atomic mass is 35.5. The average molecular weight is 204 g/mol. The summed E-state index contributed by atoms with van der Waals surface area (Å²) in [7, 11) is 0. The molecule has 0 aliphatic heterocycles. The molecule has 0 bridgehead atoms. The maximum atomic E-state index is 5.75. The van der Waals surface area contributed by atoms with Crippen LogP contribution in [0.4, 0.5) is 0 Å². The van der Waals surface area contributed by atoms with Crippen LogP contribution in [0.1, 0.15) is 18.2 Å². The molecular weight excluding hydrogens is 190 g/mol. The van der Waals surface area contributed by atoms with E-state index in [1.165, 1.54) is 4.88 Å². The molecule has 1 unspecified atom stereocenters. The van der Waals surface area contributed by atoms with Gasteiger partial charge in [0.2, 0.25) is 0 Å². The number of hydrogen-bond donors (Lipinski definition) is 1. The molecule has 0 amide bonds. The van der Waals surface area contributed by atoms with Crippen molar-refractivity contribution in [2.24, 2.45) is 0 Å². The molecule has 0 fully saturated rings. The smallest absolute Gasteiger partial charge is 0.0377 e. The van der Waals surface area contributed by atoms with E-state index in [0.717, 1.165) is 13.0 Å². The quantitative estimate of drug-likeness (QED) is 0.726. The first-order valence-electron chi connectivity index (χ1n) is 4.18. The summed E-state index contributed by atoms with van der Waals surface area (Å²) < 4.78 is 0. The van der Waals surface area contributed by atoms with Crippen LogP contribution in [-0.2, 0) is 6.54 Å². The third-order valence-corrected chi connectivity index (χ3v) is 3.07. The van der Waals surface area contributed by atoms with E-state index in [0.29, 0.717) is 11.9 Å². The molecule has 1 aromatic heterocycles. The fraction of sp³-hybridized carbons (Fsp3) is 0.556. The molecule has 1 atom stereocenters. The van der Waals surface area contributed by atoms with Crippen molar-refractivity contribution in [3.05, 3.63) is 22.4 Å². The first-order chi connectivity index (χ1) is 5.86. The van der Waals surface area contributed by atoms with E-state index in [1.54, 1.807) is 11.3 Å². The van der Waals surface area contributed by atoms with E-state index in [-0.39, 0.29) is 0 Å². The molecule has 1 N–H and O–H groups in total. The summed E-state index contributed by atoms with van der Waals surface area (Å²) in [6.45, 7) is 3.09. The lowest BCUT2D eigenvalue weighted by molar-refractivity contribution is 0.542. The highest BCUT2D eigenvalue weighted by Crippen LogP contribution is 2.08. The van der Waals surface area contributed by atoms with Gasteiger partial charge in [-0.05, 0) is 17.9 Å². The van der Waals surface area contributed by atoms with E-state index in [4.69, 9.17) is 11.6 Å². The van der Waals surface area contributed by atoms with Crippen LogP contribution in [0.5, 0.6) is 0 Å². The van der Waals surface area contributed by atoms with Crippen molar-refractivity contribution in [3.63, 3.8) is 0 Å². The summed E-state index contributed by atoms with van der Waals surface area (Å²) in [6.07, 6.45) is 1.09. The summed E-state index contributed by atoms with van der Waals surface area (Å²) in [5.41, 5.74) is 0. The fourth-order valence-electron chi connectivity index (χ4n) is 0.966. The largest absolute Gasteiger partial charge is 0.308 e. The van der Waals surface area contributed by atoms with Gasteiger partial charge in [-0.2, -0.15) is 0 Å². The van der Waals surface area contributed by atoms with Crippen molar-refractivity contribution in [2.75, 3.05) is 5.88 Å². The van der Waals surface area contributed by atoms with Gasteiger partial charge in [0.1, 0.15) is 0 Å². The number of thiophene rings is 1. The minimum absolute atomic E-state index is 0.453. The summed E-state index contributed by atoms with van der Waals surface area (Å²) in [4.78, 5) is 1.37. The van der Waals surface area contributed by atoms with Crippen molar-refractivity contribution in [1.29, 1.82) is 0 Å². The second-order valence-corrected chi connectivity index (χ2v) is 4.06. The van der Waals surface area contributed by atoms with Crippen LogP contribution < -0.4 is 5.32 Å². The van der Waals surface area contributed by atoms with Gasteiger partial charge < -0.3 is 5.32 Å². The Kier molecular flexibility index (Phi) is 4.66. The zero-order valence-corrected chi connectivity index (χ0v) is 8.79. The van der Waals surface area contributed by atoms with Gasteiger partial charge in [-0.25, -0.2) is 0 Å². The van der Waals surface area contributed by atoms with Gasteiger partial charge in [-0.1, -0.05) is 13.0 Å². The first-order valence-corrected chi connectivity index (χ1v) is 5.60. The summed E-state index contributed by atoms with van der Waals surface area (Å²) in [6, 6.07) is 4.66. The third-order valence-electron chi connectivity index (χ3n) is 1.82. The van der Waals surface area contributed by atoms with E-state index < -0.39 is 0 Å². The molecule has 0 saturated heterocycles. The molecule has 1 nitrogen and oxygen atoms in total. The second kappa shape index (κ2) is 5.57. The highest BCUT2D eigenvalue weighted by molar-refractivity contribution is 7.09. The molecule has 0 radical (unpaired) electrons. The van der Waals surface area contributed by atoms with Gasteiger partial charge in [0.25, 0.3) is 0 Å². The molecule has 0 spiro atoms. The lowest BCUT2D eigenvalue weighted by atomic mass is 10.2. The third kappa shape index (κ3) is 3.13. The summed E-state index contributed by atoms with van der Waals surface area (Å²) >= 11 is 7.53. The Morgan fingerprint density at radius 1 is 1.67 bits per heavy atom.